The smallest absolute Gasteiger partial charge is 0.276 e. The van der Waals surface area contributed by atoms with Crippen molar-refractivity contribution in [3.63, 3.8) is 0 Å². The molecule has 9 heteroatoms. The zero-order valence-corrected chi connectivity index (χ0v) is 15.0. The molecule has 0 radical (unpaired) electrons. The Morgan fingerprint density at radius 3 is 2.25 bits per heavy atom. The van der Waals surface area contributed by atoms with E-state index in [9.17, 15) is 13.6 Å². The van der Waals surface area contributed by atoms with Crippen LogP contribution >= 0.6 is 0 Å². The molecule has 0 unspecified atom stereocenters. The number of carbonyl (C=O) groups excluding carboxylic acids is 1. The molecule has 0 aliphatic heterocycles. The molecule has 0 atom stereocenters. The molecule has 0 fully saturated rings. The first-order chi connectivity index (χ1) is 13.5. The maximum absolute atomic E-state index is 13.2. The molecule has 0 saturated heterocycles. The van der Waals surface area contributed by atoms with Crippen molar-refractivity contribution in [1.82, 2.24) is 10.2 Å². The third kappa shape index (κ3) is 4.32. The molecule has 2 N–H and O–H groups in total. The monoisotopic (exact) mass is 386 g/mol. The van der Waals surface area contributed by atoms with Crippen LogP contribution in [0.25, 0.3) is 0 Å². The van der Waals surface area contributed by atoms with Crippen molar-refractivity contribution in [2.45, 2.75) is 0 Å². The number of halogens is 2. The number of nitrogens with zero attached hydrogens (tertiary/aromatic N) is 2. The maximum Gasteiger partial charge on any atom is 0.276 e. The molecule has 1 aromatic heterocycles. The van der Waals surface area contributed by atoms with Gasteiger partial charge in [-0.3, -0.25) is 4.79 Å². The predicted molar refractivity (Wildman–Crippen MR) is 99.2 cm³/mol. The van der Waals surface area contributed by atoms with Crippen LogP contribution in [0.1, 0.15) is 10.5 Å². The van der Waals surface area contributed by atoms with E-state index >= 15 is 0 Å². The lowest BCUT2D eigenvalue weighted by atomic mass is 10.2. The molecular formula is C19H16F2N4O3. The summed E-state index contributed by atoms with van der Waals surface area (Å²) in [5.74, 6) is -1.12. The van der Waals surface area contributed by atoms with Crippen LogP contribution < -0.4 is 20.1 Å². The second kappa shape index (κ2) is 8.30. The zero-order valence-electron chi connectivity index (χ0n) is 15.0. The number of rotatable bonds is 6. The molecule has 0 aliphatic carbocycles. The van der Waals surface area contributed by atoms with Crippen LogP contribution in [0.2, 0.25) is 0 Å². The second-order valence-corrected chi connectivity index (χ2v) is 5.58. The van der Waals surface area contributed by atoms with Gasteiger partial charge in [0.05, 0.1) is 14.2 Å². The lowest BCUT2D eigenvalue weighted by molar-refractivity contribution is 0.102. The first-order valence-electron chi connectivity index (χ1n) is 8.09. The van der Waals surface area contributed by atoms with Gasteiger partial charge in [0, 0.05) is 23.5 Å². The van der Waals surface area contributed by atoms with Gasteiger partial charge in [-0.1, -0.05) is 0 Å². The van der Waals surface area contributed by atoms with E-state index in [0.717, 1.165) is 12.1 Å². The minimum absolute atomic E-state index is 0.0746. The van der Waals surface area contributed by atoms with Gasteiger partial charge in [-0.25, -0.2) is 8.78 Å². The highest BCUT2D eigenvalue weighted by molar-refractivity contribution is 6.03. The van der Waals surface area contributed by atoms with E-state index in [1.807, 2.05) is 0 Å². The van der Waals surface area contributed by atoms with Crippen molar-refractivity contribution in [3.8, 4) is 11.5 Å². The number of nitrogens with one attached hydrogen (secondary N) is 2. The number of hydrogen-bond acceptors (Lipinski definition) is 6. The SMILES string of the molecule is COc1ccc(NC(=O)c2ccc(Nc3ccc(F)c(F)c3)nn2)cc1OC. The van der Waals surface area contributed by atoms with Crippen LogP contribution in [-0.4, -0.2) is 30.3 Å². The van der Waals surface area contributed by atoms with E-state index in [0.29, 0.717) is 22.9 Å². The Labute approximate surface area is 159 Å². The summed E-state index contributed by atoms with van der Waals surface area (Å²) in [4.78, 5) is 12.3. The highest BCUT2D eigenvalue weighted by Crippen LogP contribution is 2.29. The van der Waals surface area contributed by atoms with Gasteiger partial charge in [0.1, 0.15) is 0 Å². The maximum atomic E-state index is 13.2. The second-order valence-electron chi connectivity index (χ2n) is 5.58. The quantitative estimate of drug-likeness (QED) is 0.671. The van der Waals surface area contributed by atoms with Gasteiger partial charge in [-0.2, -0.15) is 0 Å². The Hall–Kier alpha value is -3.75. The van der Waals surface area contributed by atoms with E-state index in [1.54, 1.807) is 18.2 Å². The molecule has 3 rings (SSSR count). The summed E-state index contributed by atoms with van der Waals surface area (Å²) < 4.78 is 36.5. The molecule has 3 aromatic rings. The fraction of sp³-hybridized carbons (Fsp3) is 0.105. The van der Waals surface area contributed by atoms with Gasteiger partial charge < -0.3 is 20.1 Å². The van der Waals surface area contributed by atoms with Crippen LogP contribution in [0.5, 0.6) is 11.5 Å². The van der Waals surface area contributed by atoms with Gasteiger partial charge >= 0.3 is 0 Å². The molecule has 0 saturated carbocycles. The van der Waals surface area contributed by atoms with E-state index in [-0.39, 0.29) is 11.5 Å². The third-order valence-corrected chi connectivity index (χ3v) is 3.73. The van der Waals surface area contributed by atoms with Crippen molar-refractivity contribution in [1.29, 1.82) is 0 Å². The van der Waals surface area contributed by atoms with Crippen LogP contribution in [0, 0.1) is 11.6 Å². The molecule has 0 aliphatic rings. The predicted octanol–water partition coefficient (Wildman–Crippen LogP) is 3.77. The van der Waals surface area contributed by atoms with Crippen LogP contribution in [0.4, 0.5) is 26.0 Å². The van der Waals surface area contributed by atoms with Gasteiger partial charge in [0.2, 0.25) is 0 Å². The first-order valence-corrected chi connectivity index (χ1v) is 8.09. The molecule has 1 amide bonds. The lowest BCUT2D eigenvalue weighted by Crippen LogP contribution is -2.14. The van der Waals surface area contributed by atoms with Crippen LogP contribution in [-0.2, 0) is 0 Å². The average Bonchev–Trinajstić information content (AvgIpc) is 2.71. The molecule has 1 heterocycles. The average molecular weight is 386 g/mol. The van der Waals surface area contributed by atoms with E-state index in [1.165, 1.54) is 32.4 Å². The number of methoxy groups -OCH3 is 2. The zero-order chi connectivity index (χ0) is 20.1. The summed E-state index contributed by atoms with van der Waals surface area (Å²) in [7, 11) is 3.01. The Morgan fingerprint density at radius 1 is 0.857 bits per heavy atom. The number of benzene rings is 2. The summed E-state index contributed by atoms with van der Waals surface area (Å²) in [6, 6.07) is 11.2. The lowest BCUT2D eigenvalue weighted by Gasteiger charge is -2.10. The minimum Gasteiger partial charge on any atom is -0.493 e. The van der Waals surface area contributed by atoms with Gasteiger partial charge in [-0.05, 0) is 36.4 Å². The minimum atomic E-state index is -0.983. The molecular weight excluding hydrogens is 370 g/mol. The van der Waals surface area contributed by atoms with Crippen molar-refractivity contribution < 1.29 is 23.0 Å². The number of carbonyl (C=O) groups is 1. The third-order valence-electron chi connectivity index (χ3n) is 3.73. The van der Waals surface area contributed by atoms with Crippen molar-refractivity contribution >= 4 is 23.1 Å². The number of hydrogen-bond donors (Lipinski definition) is 2. The van der Waals surface area contributed by atoms with Crippen molar-refractivity contribution in [3.05, 3.63) is 65.9 Å². The summed E-state index contributed by atoms with van der Waals surface area (Å²) in [6.45, 7) is 0. The van der Waals surface area contributed by atoms with Gasteiger partial charge in [0.15, 0.2) is 34.6 Å². The summed E-state index contributed by atoms with van der Waals surface area (Å²) in [6.07, 6.45) is 0. The Kier molecular flexibility index (Phi) is 5.64. The van der Waals surface area contributed by atoms with Gasteiger partial charge in [-0.15, -0.1) is 10.2 Å². The van der Waals surface area contributed by atoms with E-state index in [2.05, 4.69) is 20.8 Å². The summed E-state index contributed by atoms with van der Waals surface area (Å²) in [5, 5.41) is 13.2. The molecule has 2 aromatic carbocycles. The number of amides is 1. The Bertz CT molecular complexity index is 997. The molecule has 0 spiro atoms. The number of anilines is 3. The summed E-state index contributed by atoms with van der Waals surface area (Å²) >= 11 is 0. The highest BCUT2D eigenvalue weighted by atomic mass is 19.2. The molecule has 144 valence electrons. The fourth-order valence-corrected chi connectivity index (χ4v) is 2.35. The topological polar surface area (TPSA) is 85.4 Å². The van der Waals surface area contributed by atoms with Crippen LogP contribution in [0.15, 0.2) is 48.5 Å². The number of ether oxygens (including phenoxy) is 2. The molecule has 0 bridgehead atoms. The molecule has 28 heavy (non-hydrogen) atoms. The standard InChI is InChI=1S/C19H16F2N4O3/c1-27-16-7-4-12(10-17(16)28-2)23-19(26)15-6-8-18(25-24-15)22-11-3-5-13(20)14(21)9-11/h3-10H,1-2H3,(H,22,25)(H,23,26). The van der Waals surface area contributed by atoms with Crippen molar-refractivity contribution in [2.24, 2.45) is 0 Å². The Balaban J connectivity index is 1.69. The normalized spacial score (nSPS) is 10.3. The highest BCUT2D eigenvalue weighted by Gasteiger charge is 2.11. The van der Waals surface area contributed by atoms with E-state index < -0.39 is 17.5 Å². The largest absolute Gasteiger partial charge is 0.493 e. The van der Waals surface area contributed by atoms with E-state index in [4.69, 9.17) is 9.47 Å². The Morgan fingerprint density at radius 2 is 1.61 bits per heavy atom. The molecule has 7 nitrogen and oxygen atoms in total. The van der Waals surface area contributed by atoms with Crippen molar-refractivity contribution in [2.75, 3.05) is 24.9 Å². The number of aromatic nitrogens is 2. The summed E-state index contributed by atoms with van der Waals surface area (Å²) in [5.41, 5.74) is 0.870. The van der Waals surface area contributed by atoms with Gasteiger partial charge in [0.25, 0.3) is 5.91 Å². The fourth-order valence-electron chi connectivity index (χ4n) is 2.35. The first kappa shape index (κ1) is 19.0. The van der Waals surface area contributed by atoms with Crippen LogP contribution in [0.3, 0.4) is 0 Å².